The normalized spacial score (nSPS) is 11.8. The third-order valence-corrected chi connectivity index (χ3v) is 5.56. The maximum absolute atomic E-state index is 12.1. The van der Waals surface area contributed by atoms with Crippen molar-refractivity contribution in [3.63, 3.8) is 0 Å². The number of imide groups is 1. The van der Waals surface area contributed by atoms with Gasteiger partial charge in [-0.25, -0.2) is 4.79 Å². The Morgan fingerprint density at radius 2 is 2.00 bits per heavy atom. The molecule has 25 heavy (non-hydrogen) atoms. The molecule has 2 rings (SSSR count). The van der Waals surface area contributed by atoms with Crippen molar-refractivity contribution < 1.29 is 14.3 Å². The number of aromatic nitrogens is 2. The van der Waals surface area contributed by atoms with E-state index in [4.69, 9.17) is 10.5 Å². The molecule has 1 atom stereocenters. The molecule has 1 heterocycles. The van der Waals surface area contributed by atoms with Crippen molar-refractivity contribution in [3.05, 3.63) is 24.3 Å². The van der Waals surface area contributed by atoms with Crippen molar-refractivity contribution in [3.8, 4) is 5.75 Å². The molecule has 0 fully saturated rings. The predicted octanol–water partition coefficient (Wildman–Crippen LogP) is 2.60. The molecule has 134 valence electrons. The van der Waals surface area contributed by atoms with E-state index < -0.39 is 17.2 Å². The quantitative estimate of drug-likeness (QED) is 0.631. The van der Waals surface area contributed by atoms with Gasteiger partial charge in [-0.1, -0.05) is 49.1 Å². The molecule has 8 nitrogen and oxygen atoms in total. The fourth-order valence-electron chi connectivity index (χ4n) is 1.96. The highest BCUT2D eigenvalue weighted by Crippen LogP contribution is 2.34. The highest BCUT2D eigenvalue weighted by molar-refractivity contribution is 8.02. The zero-order valence-electron chi connectivity index (χ0n) is 14.0. The number of carbonyl (C=O) groups is 2. The number of nitrogens with zero attached hydrogens (tertiary/aromatic N) is 2. The maximum atomic E-state index is 12.1. The Morgan fingerprint density at radius 3 is 2.64 bits per heavy atom. The van der Waals surface area contributed by atoms with Gasteiger partial charge in [0.15, 0.2) is 4.34 Å². The predicted molar refractivity (Wildman–Crippen MR) is 98.4 cm³/mol. The zero-order chi connectivity index (χ0) is 18.4. The number of carbonyl (C=O) groups excluding carboxylic acids is 2. The molecule has 1 aromatic heterocycles. The Bertz CT molecular complexity index is 750. The lowest BCUT2D eigenvalue weighted by atomic mass is 10.1. The lowest BCUT2D eigenvalue weighted by Gasteiger charge is -2.16. The first-order valence-corrected chi connectivity index (χ1v) is 9.10. The van der Waals surface area contributed by atoms with Gasteiger partial charge in [-0.05, 0) is 18.1 Å². The lowest BCUT2D eigenvalue weighted by molar-refractivity contribution is -0.120. The summed E-state index contributed by atoms with van der Waals surface area (Å²) < 4.78 is 5.89. The molecule has 0 aliphatic heterocycles. The van der Waals surface area contributed by atoms with Crippen molar-refractivity contribution >= 4 is 45.9 Å². The van der Waals surface area contributed by atoms with Crippen LogP contribution in [0.25, 0.3) is 0 Å². The largest absolute Gasteiger partial charge is 0.495 e. The van der Waals surface area contributed by atoms with Crippen LogP contribution >= 0.6 is 23.1 Å². The maximum Gasteiger partial charge on any atom is 0.318 e. The van der Waals surface area contributed by atoms with E-state index >= 15 is 0 Å². The second-order valence-electron chi connectivity index (χ2n) is 5.33. The molecule has 1 aromatic carbocycles. The summed E-state index contributed by atoms with van der Waals surface area (Å²) in [4.78, 5) is 23.0. The Balaban J connectivity index is 2.09. The zero-order valence-corrected chi connectivity index (χ0v) is 15.6. The van der Waals surface area contributed by atoms with Crippen LogP contribution in [0.5, 0.6) is 5.75 Å². The van der Waals surface area contributed by atoms with Crippen LogP contribution in [0, 0.1) is 5.92 Å². The molecular weight excluding hydrogens is 362 g/mol. The molecule has 0 aliphatic carbocycles. The Kier molecular flexibility index (Phi) is 6.59. The molecule has 0 aliphatic rings. The molecule has 0 saturated heterocycles. The standard InChI is InChI=1S/C15H19N5O3S2/c1-8(2)11(12(21)18-13(16)22)24-15-20-19-14(25-15)17-9-6-4-5-7-10(9)23-3/h4-8,11H,1-3H3,(H,17,19)(H3,16,18,21,22). The first kappa shape index (κ1) is 19.0. The third-order valence-electron chi connectivity index (χ3n) is 3.09. The van der Waals surface area contributed by atoms with Crippen LogP contribution in [0.15, 0.2) is 28.6 Å². The summed E-state index contributed by atoms with van der Waals surface area (Å²) in [6.07, 6.45) is 0. The Labute approximate surface area is 153 Å². The van der Waals surface area contributed by atoms with Crippen LogP contribution in [0.3, 0.4) is 0 Å². The van der Waals surface area contributed by atoms with Gasteiger partial charge < -0.3 is 15.8 Å². The summed E-state index contributed by atoms with van der Waals surface area (Å²) in [6.45, 7) is 3.76. The monoisotopic (exact) mass is 381 g/mol. The Morgan fingerprint density at radius 1 is 1.28 bits per heavy atom. The number of anilines is 2. The average Bonchev–Trinajstić information content (AvgIpc) is 2.99. The topological polar surface area (TPSA) is 119 Å². The van der Waals surface area contributed by atoms with E-state index in [0.29, 0.717) is 15.2 Å². The number of urea groups is 1. The molecule has 3 amide bonds. The minimum Gasteiger partial charge on any atom is -0.495 e. The van der Waals surface area contributed by atoms with Gasteiger partial charge >= 0.3 is 6.03 Å². The molecule has 0 spiro atoms. The van der Waals surface area contributed by atoms with Gasteiger partial charge in [0.25, 0.3) is 0 Å². The summed E-state index contributed by atoms with van der Waals surface area (Å²) in [7, 11) is 1.59. The second kappa shape index (κ2) is 8.67. The van der Waals surface area contributed by atoms with E-state index in [2.05, 4.69) is 20.8 Å². The van der Waals surface area contributed by atoms with E-state index in [1.165, 1.54) is 23.1 Å². The highest BCUT2D eigenvalue weighted by Gasteiger charge is 2.26. The van der Waals surface area contributed by atoms with Crippen molar-refractivity contribution in [2.45, 2.75) is 23.4 Å². The van der Waals surface area contributed by atoms with E-state index in [-0.39, 0.29) is 5.92 Å². The van der Waals surface area contributed by atoms with Gasteiger partial charge in [0.05, 0.1) is 18.0 Å². The molecular formula is C15H19N5O3S2. The number of thioether (sulfide) groups is 1. The number of rotatable bonds is 7. The van der Waals surface area contributed by atoms with Crippen LogP contribution in [0.2, 0.25) is 0 Å². The van der Waals surface area contributed by atoms with Gasteiger partial charge in [0.1, 0.15) is 5.75 Å². The molecule has 0 saturated carbocycles. The van der Waals surface area contributed by atoms with E-state index in [1.54, 1.807) is 7.11 Å². The number of benzene rings is 1. The number of ether oxygens (including phenoxy) is 1. The van der Waals surface area contributed by atoms with Gasteiger partial charge in [0.2, 0.25) is 11.0 Å². The van der Waals surface area contributed by atoms with Crippen molar-refractivity contribution in [1.29, 1.82) is 0 Å². The number of amides is 3. The number of para-hydroxylation sites is 2. The van der Waals surface area contributed by atoms with E-state index in [9.17, 15) is 9.59 Å². The number of hydrogen-bond donors (Lipinski definition) is 3. The summed E-state index contributed by atoms with van der Waals surface area (Å²) in [5, 5.41) is 13.5. The molecule has 0 bridgehead atoms. The number of hydrogen-bond acceptors (Lipinski definition) is 8. The fraction of sp³-hybridized carbons (Fsp3) is 0.333. The average molecular weight is 381 g/mol. The molecule has 10 heteroatoms. The first-order chi connectivity index (χ1) is 11.9. The summed E-state index contributed by atoms with van der Waals surface area (Å²) in [6, 6.07) is 6.58. The number of nitrogens with one attached hydrogen (secondary N) is 2. The second-order valence-corrected chi connectivity index (χ2v) is 7.70. The summed E-state index contributed by atoms with van der Waals surface area (Å²) in [5.74, 6) is 0.230. The minimum absolute atomic E-state index is 0.0149. The van der Waals surface area contributed by atoms with Crippen molar-refractivity contribution in [2.75, 3.05) is 12.4 Å². The SMILES string of the molecule is COc1ccccc1Nc1nnc(SC(C(=O)NC(N)=O)C(C)C)s1. The van der Waals surface area contributed by atoms with Crippen molar-refractivity contribution in [1.82, 2.24) is 15.5 Å². The highest BCUT2D eigenvalue weighted by atomic mass is 32.2. The van der Waals surface area contributed by atoms with Crippen LogP contribution in [-0.4, -0.2) is 34.5 Å². The van der Waals surface area contributed by atoms with E-state index in [1.807, 2.05) is 38.1 Å². The van der Waals surface area contributed by atoms with Crippen LogP contribution < -0.4 is 21.1 Å². The van der Waals surface area contributed by atoms with Crippen LogP contribution in [0.1, 0.15) is 13.8 Å². The fourth-order valence-corrected chi connectivity index (χ4v) is 3.94. The Hall–Kier alpha value is -2.33. The number of primary amides is 1. The summed E-state index contributed by atoms with van der Waals surface area (Å²) in [5.41, 5.74) is 5.78. The van der Waals surface area contributed by atoms with Crippen molar-refractivity contribution in [2.24, 2.45) is 11.7 Å². The van der Waals surface area contributed by atoms with E-state index in [0.717, 1.165) is 5.69 Å². The summed E-state index contributed by atoms with van der Waals surface area (Å²) >= 11 is 2.55. The first-order valence-electron chi connectivity index (χ1n) is 7.41. The van der Waals surface area contributed by atoms with Gasteiger partial charge in [-0.3, -0.25) is 10.1 Å². The number of nitrogens with two attached hydrogens (primary N) is 1. The molecule has 1 unspecified atom stereocenters. The van der Waals surface area contributed by atoms with Gasteiger partial charge in [-0.2, -0.15) is 0 Å². The third kappa shape index (κ3) is 5.33. The van der Waals surface area contributed by atoms with Gasteiger partial charge in [-0.15, -0.1) is 10.2 Å². The van der Waals surface area contributed by atoms with Crippen LogP contribution in [0.4, 0.5) is 15.6 Å². The smallest absolute Gasteiger partial charge is 0.318 e. The number of methoxy groups -OCH3 is 1. The lowest BCUT2D eigenvalue weighted by Crippen LogP contribution is -2.42. The molecule has 4 N–H and O–H groups in total. The molecule has 0 radical (unpaired) electrons. The van der Waals surface area contributed by atoms with Crippen LogP contribution in [-0.2, 0) is 4.79 Å². The minimum atomic E-state index is -0.868. The molecule has 2 aromatic rings. The van der Waals surface area contributed by atoms with Gasteiger partial charge in [0, 0.05) is 0 Å².